The van der Waals surface area contributed by atoms with Crippen LogP contribution >= 0.6 is 0 Å². The molecule has 2 fully saturated rings. The van der Waals surface area contributed by atoms with Crippen LogP contribution in [0.5, 0.6) is 0 Å². The molecule has 1 heterocycles. The number of carbonyl (C=O) groups is 1. The van der Waals surface area contributed by atoms with Gasteiger partial charge in [-0.05, 0) is 38.3 Å². The highest BCUT2D eigenvalue weighted by Crippen LogP contribution is 2.53. The van der Waals surface area contributed by atoms with Crippen LogP contribution in [0.15, 0.2) is 33.9 Å². The zero-order valence-corrected chi connectivity index (χ0v) is 16.2. The molecular weight excluding hydrogens is 358 g/mol. The number of benzene rings is 1. The van der Waals surface area contributed by atoms with Crippen molar-refractivity contribution in [2.75, 3.05) is 6.61 Å². The molecule has 28 heavy (non-hydrogen) atoms. The van der Waals surface area contributed by atoms with Gasteiger partial charge in [0.15, 0.2) is 0 Å². The second kappa shape index (κ2) is 7.54. The lowest BCUT2D eigenvalue weighted by Crippen LogP contribution is -2.65. The minimum Gasteiger partial charge on any atom is -0.378 e. The van der Waals surface area contributed by atoms with Crippen molar-refractivity contribution in [3.63, 3.8) is 0 Å². The van der Waals surface area contributed by atoms with E-state index in [0.29, 0.717) is 17.5 Å². The Morgan fingerprint density at radius 3 is 2.75 bits per heavy atom. The number of hydrogen-bond acceptors (Lipinski definition) is 4. The lowest BCUT2D eigenvalue weighted by Gasteiger charge is -2.57. The maximum atomic E-state index is 12.7. The van der Waals surface area contributed by atoms with Crippen molar-refractivity contribution in [1.82, 2.24) is 14.9 Å². The fourth-order valence-corrected chi connectivity index (χ4v) is 4.99. The summed E-state index contributed by atoms with van der Waals surface area (Å²) in [4.78, 5) is 40.3. The fraction of sp³-hybridized carbons (Fsp3) is 0.571. The van der Waals surface area contributed by atoms with E-state index in [1.54, 1.807) is 24.3 Å². The SMILES string of the molecule is CCO[C@H]1C[C@H](NC(=O)Cn2c(=O)[nH]c3ccccc3c2=O)C12CCCCC2. The number of aromatic amines is 1. The molecule has 7 heteroatoms. The molecule has 2 atom stereocenters. The van der Waals surface area contributed by atoms with Gasteiger partial charge in [0.2, 0.25) is 5.91 Å². The number of nitrogens with zero attached hydrogens (tertiary/aromatic N) is 1. The van der Waals surface area contributed by atoms with Gasteiger partial charge in [-0.25, -0.2) is 4.79 Å². The highest BCUT2D eigenvalue weighted by atomic mass is 16.5. The molecule has 7 nitrogen and oxygen atoms in total. The quantitative estimate of drug-likeness (QED) is 0.823. The Morgan fingerprint density at radius 2 is 2.00 bits per heavy atom. The average Bonchev–Trinajstić information content (AvgIpc) is 2.71. The van der Waals surface area contributed by atoms with Gasteiger partial charge in [0.25, 0.3) is 5.56 Å². The van der Waals surface area contributed by atoms with E-state index in [1.807, 2.05) is 6.92 Å². The Balaban J connectivity index is 1.51. The van der Waals surface area contributed by atoms with E-state index in [-0.39, 0.29) is 30.0 Å². The van der Waals surface area contributed by atoms with E-state index in [9.17, 15) is 14.4 Å². The van der Waals surface area contributed by atoms with Crippen LogP contribution in [0, 0.1) is 5.41 Å². The fourth-order valence-electron chi connectivity index (χ4n) is 4.99. The highest BCUT2D eigenvalue weighted by molar-refractivity contribution is 5.79. The zero-order chi connectivity index (χ0) is 19.7. The molecule has 2 aliphatic carbocycles. The Morgan fingerprint density at radius 1 is 1.25 bits per heavy atom. The minimum absolute atomic E-state index is 0.00465. The molecule has 0 unspecified atom stereocenters. The Labute approximate surface area is 163 Å². The molecule has 1 spiro atoms. The van der Waals surface area contributed by atoms with Gasteiger partial charge in [-0.2, -0.15) is 0 Å². The smallest absolute Gasteiger partial charge is 0.329 e. The van der Waals surface area contributed by atoms with Gasteiger partial charge in [0.05, 0.1) is 17.0 Å². The molecule has 150 valence electrons. The average molecular weight is 385 g/mol. The molecule has 1 aromatic heterocycles. The highest BCUT2D eigenvalue weighted by Gasteiger charge is 2.56. The molecule has 0 saturated heterocycles. The van der Waals surface area contributed by atoms with Crippen LogP contribution in [0.4, 0.5) is 0 Å². The van der Waals surface area contributed by atoms with Crippen molar-refractivity contribution in [1.29, 1.82) is 0 Å². The van der Waals surface area contributed by atoms with E-state index < -0.39 is 11.2 Å². The molecule has 2 saturated carbocycles. The van der Waals surface area contributed by atoms with E-state index in [4.69, 9.17) is 4.74 Å². The summed E-state index contributed by atoms with van der Waals surface area (Å²) in [6.45, 7) is 2.40. The van der Waals surface area contributed by atoms with E-state index >= 15 is 0 Å². The molecule has 2 aromatic rings. The zero-order valence-electron chi connectivity index (χ0n) is 16.2. The normalized spacial score (nSPS) is 23.5. The van der Waals surface area contributed by atoms with Gasteiger partial charge in [0.1, 0.15) is 6.54 Å². The molecule has 2 aliphatic rings. The van der Waals surface area contributed by atoms with Crippen LogP contribution in [-0.4, -0.2) is 34.2 Å². The van der Waals surface area contributed by atoms with Gasteiger partial charge >= 0.3 is 5.69 Å². The molecule has 1 amide bonds. The number of fused-ring (bicyclic) bond motifs is 1. The number of ether oxygens (including phenoxy) is 1. The first-order chi connectivity index (χ1) is 13.5. The van der Waals surface area contributed by atoms with E-state index in [2.05, 4.69) is 10.3 Å². The van der Waals surface area contributed by atoms with Crippen molar-refractivity contribution in [3.05, 3.63) is 45.1 Å². The number of aromatic nitrogens is 2. The summed E-state index contributed by atoms with van der Waals surface area (Å²) in [6, 6.07) is 6.87. The van der Waals surface area contributed by atoms with Gasteiger partial charge < -0.3 is 15.0 Å². The van der Waals surface area contributed by atoms with Crippen molar-refractivity contribution in [2.45, 2.75) is 64.1 Å². The van der Waals surface area contributed by atoms with Crippen LogP contribution in [-0.2, 0) is 16.1 Å². The summed E-state index contributed by atoms with van der Waals surface area (Å²) in [5.41, 5.74) is -0.520. The second-order valence-corrected chi connectivity index (χ2v) is 7.96. The lowest BCUT2D eigenvalue weighted by atomic mass is 9.55. The summed E-state index contributed by atoms with van der Waals surface area (Å²) in [5.74, 6) is -0.298. The third-order valence-electron chi connectivity index (χ3n) is 6.46. The lowest BCUT2D eigenvalue weighted by molar-refractivity contribution is -0.157. The number of rotatable bonds is 5. The van der Waals surface area contributed by atoms with Crippen molar-refractivity contribution in [2.24, 2.45) is 5.41 Å². The number of nitrogens with one attached hydrogen (secondary N) is 2. The Hall–Kier alpha value is -2.41. The molecule has 0 radical (unpaired) electrons. The first kappa shape index (κ1) is 18.9. The molecule has 0 bridgehead atoms. The molecular formula is C21H27N3O4. The topological polar surface area (TPSA) is 93.2 Å². The largest absolute Gasteiger partial charge is 0.378 e. The van der Waals surface area contributed by atoms with Crippen LogP contribution in [0.2, 0.25) is 0 Å². The van der Waals surface area contributed by atoms with Gasteiger partial charge in [-0.1, -0.05) is 31.4 Å². The van der Waals surface area contributed by atoms with Crippen LogP contribution in [0.25, 0.3) is 10.9 Å². The predicted molar refractivity (Wildman–Crippen MR) is 106 cm³/mol. The summed E-state index contributed by atoms with van der Waals surface area (Å²) in [7, 11) is 0. The maximum Gasteiger partial charge on any atom is 0.329 e. The summed E-state index contributed by atoms with van der Waals surface area (Å²) < 4.78 is 6.90. The monoisotopic (exact) mass is 385 g/mol. The Kier molecular flexibility index (Phi) is 5.10. The summed E-state index contributed by atoms with van der Waals surface area (Å²) in [5, 5.41) is 3.49. The van der Waals surface area contributed by atoms with Gasteiger partial charge in [0, 0.05) is 18.1 Å². The number of hydrogen-bond donors (Lipinski definition) is 2. The molecule has 1 aromatic carbocycles. The number of H-pyrrole nitrogens is 1. The summed E-state index contributed by atoms with van der Waals surface area (Å²) >= 11 is 0. The van der Waals surface area contributed by atoms with Gasteiger partial charge in [-0.3, -0.25) is 14.2 Å². The van der Waals surface area contributed by atoms with Crippen LogP contribution < -0.4 is 16.6 Å². The number of amides is 1. The number of carbonyl (C=O) groups excluding carboxylic acids is 1. The third-order valence-corrected chi connectivity index (χ3v) is 6.46. The minimum atomic E-state index is -0.563. The third kappa shape index (κ3) is 3.17. The van der Waals surface area contributed by atoms with Gasteiger partial charge in [-0.15, -0.1) is 0 Å². The molecule has 2 N–H and O–H groups in total. The van der Waals surface area contributed by atoms with Crippen LogP contribution in [0.3, 0.4) is 0 Å². The van der Waals surface area contributed by atoms with E-state index in [1.165, 1.54) is 6.42 Å². The first-order valence-corrected chi connectivity index (χ1v) is 10.2. The Bertz CT molecular complexity index is 987. The number of para-hydroxylation sites is 1. The molecule has 4 rings (SSSR count). The van der Waals surface area contributed by atoms with Crippen LogP contribution in [0.1, 0.15) is 45.4 Å². The van der Waals surface area contributed by atoms with Crippen molar-refractivity contribution < 1.29 is 9.53 Å². The second-order valence-electron chi connectivity index (χ2n) is 7.96. The predicted octanol–water partition coefficient (Wildman–Crippen LogP) is 1.93. The molecule has 0 aliphatic heterocycles. The van der Waals surface area contributed by atoms with E-state index in [0.717, 1.165) is 36.7 Å². The van der Waals surface area contributed by atoms with Crippen molar-refractivity contribution in [3.8, 4) is 0 Å². The first-order valence-electron chi connectivity index (χ1n) is 10.2. The standard InChI is InChI=1S/C21H27N3O4/c1-2-28-17-12-16(21(17)10-6-3-7-11-21)23-18(25)13-24-19(26)14-8-4-5-9-15(14)22-20(24)27/h4-5,8-9,16-17H,2-3,6-7,10-13H2,1H3,(H,22,27)(H,23,25)/t16-,17-/m0/s1. The summed E-state index contributed by atoms with van der Waals surface area (Å²) in [6.07, 6.45) is 6.62. The maximum absolute atomic E-state index is 12.7. The van der Waals surface area contributed by atoms with Crippen molar-refractivity contribution >= 4 is 16.8 Å².